The predicted octanol–water partition coefficient (Wildman–Crippen LogP) is 6.37. The van der Waals surface area contributed by atoms with Crippen molar-refractivity contribution >= 4 is 41.3 Å². The summed E-state index contributed by atoms with van der Waals surface area (Å²) in [6, 6.07) is 9.03. The van der Waals surface area contributed by atoms with E-state index in [2.05, 4.69) is 23.8 Å². The summed E-state index contributed by atoms with van der Waals surface area (Å²) in [5.74, 6) is 1.39. The smallest absolute Gasteiger partial charge is 0.410 e. The van der Waals surface area contributed by atoms with Crippen LogP contribution in [-0.2, 0) is 23.9 Å². The molecule has 1 aliphatic heterocycles. The number of fused-ring (bicyclic) bond motifs is 1. The molecule has 6 rings (SSSR count). The number of ether oxygens (including phenoxy) is 3. The van der Waals surface area contributed by atoms with Crippen molar-refractivity contribution in [2.45, 2.75) is 84.4 Å². The number of carbonyl (C=O) groups excluding carboxylic acids is 5. The number of aldehydes is 2. The van der Waals surface area contributed by atoms with Gasteiger partial charge in [-0.25, -0.2) is 9.78 Å². The number of aromatic nitrogens is 1. The number of carbonyl (C=O) groups is 5. The number of furan rings is 1. The minimum Gasteiger partial charge on any atom is -0.497 e. The predicted molar refractivity (Wildman–Crippen MR) is 198 cm³/mol. The van der Waals surface area contributed by atoms with E-state index in [1.807, 2.05) is 30.3 Å². The van der Waals surface area contributed by atoms with Gasteiger partial charge in [0.1, 0.15) is 22.9 Å². The number of nitrogens with one attached hydrogen (secondary N) is 1. The molecule has 1 saturated heterocycles. The van der Waals surface area contributed by atoms with Crippen molar-refractivity contribution in [1.29, 1.82) is 0 Å². The standard InChI is InChI=1S/C16H25N3O4.C15H13NO3.C4H8.C2H2O2.CH4.2H2/c1-5-10-9-16(10,13(17)21)18-12(20)11-7-6-8-19(11)14(22)23-15(2,3)4;1-17-12-3-4-13-11(7-12)8-14(16-15(13)18-2)10-5-6-19-9-10;1-4-2-3-4;3-1-2-4;;;/h5,10-11H,1,6-9H2,2-4H3,(H2,17,21)(H,18,20);3-9H,1-2H3;4H,2-3H2,1H3;1-2H;1H4;2*1H/t10-,11+,16-;;;;;;/m1....../s1. The van der Waals surface area contributed by atoms with Gasteiger partial charge in [-0.05, 0) is 81.7 Å². The van der Waals surface area contributed by atoms with E-state index < -0.39 is 29.2 Å². The molecule has 0 bridgehead atoms. The highest BCUT2D eigenvalue weighted by Crippen LogP contribution is 2.44. The lowest BCUT2D eigenvalue weighted by atomic mass is 10.1. The Morgan fingerprint density at radius 2 is 1.76 bits per heavy atom. The zero-order chi connectivity index (χ0) is 37.1. The second-order valence-electron chi connectivity index (χ2n) is 13.3. The van der Waals surface area contributed by atoms with Gasteiger partial charge >= 0.3 is 6.09 Å². The maximum absolute atomic E-state index is 12.5. The Labute approximate surface area is 302 Å². The highest BCUT2D eigenvalue weighted by atomic mass is 16.6. The number of nitrogens with zero attached hydrogens (tertiary/aromatic N) is 2. The normalized spacial score (nSPS) is 19.8. The van der Waals surface area contributed by atoms with Gasteiger partial charge in [-0.3, -0.25) is 24.1 Å². The van der Waals surface area contributed by atoms with Crippen LogP contribution in [0.3, 0.4) is 0 Å². The molecule has 1 aromatic carbocycles. The summed E-state index contributed by atoms with van der Waals surface area (Å²) in [4.78, 5) is 60.0. The van der Waals surface area contributed by atoms with Crippen molar-refractivity contribution in [3.63, 3.8) is 0 Å². The molecule has 0 unspecified atom stereocenters. The van der Waals surface area contributed by atoms with Crippen LogP contribution in [0.5, 0.6) is 11.6 Å². The van der Waals surface area contributed by atoms with Gasteiger partial charge in [0.2, 0.25) is 17.7 Å². The Kier molecular flexibility index (Phi) is 15.4. The largest absolute Gasteiger partial charge is 0.497 e. The third-order valence-corrected chi connectivity index (χ3v) is 8.20. The van der Waals surface area contributed by atoms with Crippen molar-refractivity contribution in [2.75, 3.05) is 20.8 Å². The number of likely N-dealkylation sites (tertiary alicyclic amines) is 1. The molecule has 3 atom stereocenters. The minimum atomic E-state index is -1.05. The molecule has 13 nitrogen and oxygen atoms in total. The monoisotopic (exact) mass is 712 g/mol. The van der Waals surface area contributed by atoms with Crippen LogP contribution in [0.4, 0.5) is 4.79 Å². The third kappa shape index (κ3) is 11.7. The highest BCUT2D eigenvalue weighted by Gasteiger charge is 2.59. The van der Waals surface area contributed by atoms with Crippen molar-refractivity contribution in [2.24, 2.45) is 17.6 Å². The zero-order valence-corrected chi connectivity index (χ0v) is 29.6. The summed E-state index contributed by atoms with van der Waals surface area (Å²) < 4.78 is 21.0. The maximum atomic E-state index is 12.5. The minimum absolute atomic E-state index is 0. The molecule has 2 aromatic heterocycles. The number of nitrogens with two attached hydrogens (primary N) is 1. The summed E-state index contributed by atoms with van der Waals surface area (Å²) in [6.07, 6.45) is 9.46. The van der Waals surface area contributed by atoms with Crippen LogP contribution in [-0.4, -0.2) is 78.3 Å². The Hall–Kier alpha value is -5.20. The molecule has 282 valence electrons. The first-order valence-electron chi connectivity index (χ1n) is 16.4. The van der Waals surface area contributed by atoms with E-state index in [1.165, 1.54) is 17.7 Å². The SMILES string of the molecule is C.C=C[C@@H]1C[C@]1(NC(=O)[C@@H]1CCCN1C(=O)OC(C)(C)C)C(N)=O.CC1CC1.COc1ccc2c(OC)nc(-c3ccoc3)cc2c1.O=CC=O.[HH].[HH]. The quantitative estimate of drug-likeness (QED) is 0.151. The van der Waals surface area contributed by atoms with Crippen LogP contribution in [0.2, 0.25) is 0 Å². The molecule has 3 fully saturated rings. The average molecular weight is 713 g/mol. The highest BCUT2D eigenvalue weighted by molar-refractivity contribution is 6.09. The third-order valence-electron chi connectivity index (χ3n) is 8.20. The van der Waals surface area contributed by atoms with Crippen LogP contribution >= 0.6 is 0 Å². The molecule has 3 amide bonds. The summed E-state index contributed by atoms with van der Waals surface area (Å²) in [5.41, 5.74) is 5.47. The summed E-state index contributed by atoms with van der Waals surface area (Å²) in [6.45, 7) is 11.7. The molecular formula is C38H56N4O9. The molecule has 3 aromatic rings. The molecule has 3 N–H and O–H groups in total. The van der Waals surface area contributed by atoms with Crippen molar-refractivity contribution in [3.05, 3.63) is 55.5 Å². The Bertz CT molecular complexity index is 1650. The molecule has 3 heterocycles. The van der Waals surface area contributed by atoms with Gasteiger partial charge in [0.15, 0.2) is 12.6 Å². The Morgan fingerprint density at radius 3 is 2.24 bits per heavy atom. The lowest BCUT2D eigenvalue weighted by molar-refractivity contribution is -0.131. The number of pyridine rings is 1. The average Bonchev–Trinajstić information content (AvgIpc) is 3.84. The van der Waals surface area contributed by atoms with E-state index in [9.17, 15) is 14.4 Å². The van der Waals surface area contributed by atoms with Crippen molar-refractivity contribution in [1.82, 2.24) is 15.2 Å². The van der Waals surface area contributed by atoms with Crippen LogP contribution in [0.25, 0.3) is 22.0 Å². The fraction of sp³-hybridized carbons (Fsp3) is 0.474. The van der Waals surface area contributed by atoms with Crippen molar-refractivity contribution in [3.8, 4) is 22.9 Å². The Balaban J connectivity index is 0.000000811. The van der Waals surface area contributed by atoms with Gasteiger partial charge in [-0.2, -0.15) is 0 Å². The lowest BCUT2D eigenvalue weighted by Gasteiger charge is -2.29. The lowest BCUT2D eigenvalue weighted by Crippen LogP contribution is -2.55. The van der Waals surface area contributed by atoms with Crippen molar-refractivity contribution < 1.29 is 45.5 Å². The van der Waals surface area contributed by atoms with Gasteiger partial charge in [0, 0.05) is 26.3 Å². The van der Waals surface area contributed by atoms with Crippen LogP contribution in [0.15, 0.2) is 59.9 Å². The first kappa shape index (κ1) is 42.0. The molecule has 3 aliphatic rings. The van der Waals surface area contributed by atoms with Crippen LogP contribution in [0, 0.1) is 11.8 Å². The Morgan fingerprint density at radius 1 is 1.10 bits per heavy atom. The number of primary amides is 1. The van der Waals surface area contributed by atoms with E-state index in [0.29, 0.717) is 31.7 Å². The molecule has 0 radical (unpaired) electrons. The topological polar surface area (TPSA) is 180 Å². The van der Waals surface area contributed by atoms with Gasteiger partial charge in [0.25, 0.3) is 0 Å². The second kappa shape index (κ2) is 18.7. The number of rotatable bonds is 8. The van der Waals surface area contributed by atoms with E-state index >= 15 is 0 Å². The molecule has 13 heteroatoms. The number of amides is 3. The fourth-order valence-corrected chi connectivity index (χ4v) is 5.15. The zero-order valence-electron chi connectivity index (χ0n) is 29.6. The van der Waals surface area contributed by atoms with Crippen LogP contribution in [0.1, 0.15) is 70.1 Å². The molecule has 51 heavy (non-hydrogen) atoms. The molecular weight excluding hydrogens is 656 g/mol. The van der Waals surface area contributed by atoms with E-state index in [4.69, 9.17) is 34.0 Å². The molecule has 0 spiro atoms. The van der Waals surface area contributed by atoms with Crippen LogP contribution < -0.4 is 20.5 Å². The first-order chi connectivity index (χ1) is 23.7. The molecule has 2 aliphatic carbocycles. The van der Waals surface area contributed by atoms with Gasteiger partial charge in [-0.1, -0.05) is 33.3 Å². The molecule has 2 saturated carbocycles. The summed E-state index contributed by atoms with van der Waals surface area (Å²) >= 11 is 0. The van der Waals surface area contributed by atoms with E-state index in [-0.39, 0.29) is 34.7 Å². The number of hydrogen-bond acceptors (Lipinski definition) is 10. The number of benzene rings is 1. The number of methoxy groups -OCH3 is 2. The maximum Gasteiger partial charge on any atom is 0.410 e. The summed E-state index contributed by atoms with van der Waals surface area (Å²) in [5, 5.41) is 4.69. The van der Waals surface area contributed by atoms with Gasteiger partial charge < -0.3 is 29.7 Å². The van der Waals surface area contributed by atoms with E-state index in [1.54, 1.807) is 53.6 Å². The van der Waals surface area contributed by atoms with Gasteiger partial charge in [-0.15, -0.1) is 6.58 Å². The number of hydrogen-bond donors (Lipinski definition) is 2. The first-order valence-corrected chi connectivity index (χ1v) is 16.4. The fourth-order valence-electron chi connectivity index (χ4n) is 5.15. The van der Waals surface area contributed by atoms with Gasteiger partial charge in [0.05, 0.1) is 32.4 Å². The second-order valence-corrected chi connectivity index (χ2v) is 13.3. The summed E-state index contributed by atoms with van der Waals surface area (Å²) in [7, 11) is 3.27. The van der Waals surface area contributed by atoms with E-state index in [0.717, 1.165) is 33.7 Å².